The topological polar surface area (TPSA) is 66.4 Å². The minimum atomic E-state index is -0.890. The maximum Gasteiger partial charge on any atom is 0.305 e. The van der Waals surface area contributed by atoms with Crippen LogP contribution in [0.25, 0.3) is 0 Å². The van der Waals surface area contributed by atoms with Crippen LogP contribution in [-0.2, 0) is 15.0 Å². The van der Waals surface area contributed by atoms with Crippen LogP contribution in [0.4, 0.5) is 0 Å². The van der Waals surface area contributed by atoms with E-state index in [4.69, 9.17) is 5.11 Å². The predicted molar refractivity (Wildman–Crippen MR) is 83.1 cm³/mol. The summed E-state index contributed by atoms with van der Waals surface area (Å²) in [5.41, 5.74) is 0.232. The molecular formula is C17H25NO3. The highest BCUT2D eigenvalue weighted by Gasteiger charge is 2.31. The molecule has 1 rings (SSSR count). The first-order valence-electron chi connectivity index (χ1n) is 7.31. The van der Waals surface area contributed by atoms with Crippen LogP contribution >= 0.6 is 0 Å². The lowest BCUT2D eigenvalue weighted by Crippen LogP contribution is -2.46. The van der Waals surface area contributed by atoms with Gasteiger partial charge in [-0.05, 0) is 31.7 Å². The Labute approximate surface area is 126 Å². The van der Waals surface area contributed by atoms with Gasteiger partial charge >= 0.3 is 5.97 Å². The van der Waals surface area contributed by atoms with Crippen LogP contribution in [-0.4, -0.2) is 23.0 Å². The largest absolute Gasteiger partial charge is 0.481 e. The number of carbonyl (C=O) groups excluding carboxylic acids is 1. The number of hydrogen-bond donors (Lipinski definition) is 2. The van der Waals surface area contributed by atoms with Crippen molar-refractivity contribution in [3.8, 4) is 0 Å². The van der Waals surface area contributed by atoms with Crippen LogP contribution in [0, 0.1) is 5.92 Å². The minimum absolute atomic E-state index is 0.0468. The third-order valence-electron chi connectivity index (χ3n) is 3.58. The van der Waals surface area contributed by atoms with Crippen molar-refractivity contribution in [2.24, 2.45) is 5.92 Å². The zero-order valence-corrected chi connectivity index (χ0v) is 13.2. The number of hydrogen-bond acceptors (Lipinski definition) is 2. The van der Waals surface area contributed by atoms with Crippen LogP contribution in [0.15, 0.2) is 30.3 Å². The number of aliphatic carboxylic acids is 1. The number of rotatable bonds is 7. The van der Waals surface area contributed by atoms with E-state index in [-0.39, 0.29) is 18.4 Å². The monoisotopic (exact) mass is 291 g/mol. The molecule has 4 nitrogen and oxygen atoms in total. The molecular weight excluding hydrogens is 266 g/mol. The second-order valence-corrected chi connectivity index (χ2v) is 6.39. The Morgan fingerprint density at radius 2 is 1.76 bits per heavy atom. The highest BCUT2D eigenvalue weighted by molar-refractivity contribution is 5.87. The first-order chi connectivity index (χ1) is 9.73. The molecule has 2 N–H and O–H groups in total. The van der Waals surface area contributed by atoms with Crippen molar-refractivity contribution < 1.29 is 14.7 Å². The van der Waals surface area contributed by atoms with E-state index in [0.29, 0.717) is 12.3 Å². The summed E-state index contributed by atoms with van der Waals surface area (Å²) in [7, 11) is 0. The molecule has 1 aromatic carbocycles. The van der Waals surface area contributed by atoms with Gasteiger partial charge in [0.05, 0.1) is 11.8 Å². The maximum atomic E-state index is 12.5. The molecule has 1 atom stereocenters. The summed E-state index contributed by atoms with van der Waals surface area (Å²) in [5.74, 6) is -0.700. The molecule has 21 heavy (non-hydrogen) atoms. The van der Waals surface area contributed by atoms with Crippen molar-refractivity contribution in [3.05, 3.63) is 35.9 Å². The molecule has 0 bridgehead atoms. The number of carboxylic acids is 1. The fourth-order valence-electron chi connectivity index (χ4n) is 2.32. The molecule has 0 saturated carbocycles. The van der Waals surface area contributed by atoms with E-state index in [2.05, 4.69) is 5.32 Å². The minimum Gasteiger partial charge on any atom is -0.481 e. The van der Waals surface area contributed by atoms with E-state index in [1.165, 1.54) is 0 Å². The molecule has 116 valence electrons. The molecule has 1 unspecified atom stereocenters. The van der Waals surface area contributed by atoms with Gasteiger partial charge in [0, 0.05) is 6.04 Å². The Bertz CT molecular complexity index is 480. The molecule has 0 aromatic heterocycles. The van der Waals surface area contributed by atoms with Crippen molar-refractivity contribution >= 4 is 11.9 Å². The summed E-state index contributed by atoms with van der Waals surface area (Å²) in [4.78, 5) is 23.5. The summed E-state index contributed by atoms with van der Waals surface area (Å²) in [6.45, 7) is 7.74. The van der Waals surface area contributed by atoms with E-state index in [1.54, 1.807) is 0 Å². The zero-order valence-electron chi connectivity index (χ0n) is 13.2. The van der Waals surface area contributed by atoms with E-state index in [1.807, 2.05) is 58.0 Å². The summed E-state index contributed by atoms with van der Waals surface area (Å²) in [5, 5.41) is 11.9. The Kier molecular flexibility index (Phi) is 5.94. The molecule has 0 heterocycles. The number of carboxylic acid groups (broad SMARTS) is 1. The lowest BCUT2D eigenvalue weighted by atomic mass is 9.83. The molecule has 1 amide bonds. The predicted octanol–water partition coefficient (Wildman–Crippen LogP) is 2.97. The smallest absolute Gasteiger partial charge is 0.305 e. The van der Waals surface area contributed by atoms with E-state index in [9.17, 15) is 9.59 Å². The summed E-state index contributed by atoms with van der Waals surface area (Å²) < 4.78 is 0. The second-order valence-electron chi connectivity index (χ2n) is 6.39. The third kappa shape index (κ3) is 5.21. The van der Waals surface area contributed by atoms with Crippen molar-refractivity contribution in [2.45, 2.75) is 52.0 Å². The summed E-state index contributed by atoms with van der Waals surface area (Å²) >= 11 is 0. The van der Waals surface area contributed by atoms with Gasteiger partial charge in [-0.3, -0.25) is 9.59 Å². The maximum absolute atomic E-state index is 12.5. The van der Waals surface area contributed by atoms with Crippen molar-refractivity contribution in [1.82, 2.24) is 5.32 Å². The quantitative estimate of drug-likeness (QED) is 0.811. The van der Waals surface area contributed by atoms with E-state index in [0.717, 1.165) is 5.56 Å². The second kappa shape index (κ2) is 7.25. The standard InChI is InChI=1S/C17H25NO3/c1-12(2)10-14(11-15(19)20)18-16(21)17(3,4)13-8-6-5-7-9-13/h5-9,12,14H,10-11H2,1-4H3,(H,18,21)(H,19,20). The van der Waals surface area contributed by atoms with Crippen molar-refractivity contribution in [2.75, 3.05) is 0 Å². The lowest BCUT2D eigenvalue weighted by Gasteiger charge is -2.28. The molecule has 0 aliphatic heterocycles. The van der Waals surface area contributed by atoms with Crippen LogP contribution in [0.5, 0.6) is 0 Å². The summed E-state index contributed by atoms with van der Waals surface area (Å²) in [6.07, 6.45) is 0.609. The zero-order chi connectivity index (χ0) is 16.0. The van der Waals surface area contributed by atoms with Crippen LogP contribution in [0.1, 0.15) is 46.1 Å². The highest BCUT2D eigenvalue weighted by Crippen LogP contribution is 2.23. The number of nitrogens with one attached hydrogen (secondary N) is 1. The first kappa shape index (κ1) is 17.2. The number of amides is 1. The lowest BCUT2D eigenvalue weighted by molar-refractivity contribution is -0.138. The van der Waals surface area contributed by atoms with Crippen LogP contribution in [0.2, 0.25) is 0 Å². The van der Waals surface area contributed by atoms with Gasteiger partial charge in [-0.15, -0.1) is 0 Å². The SMILES string of the molecule is CC(C)CC(CC(=O)O)NC(=O)C(C)(C)c1ccccc1. The highest BCUT2D eigenvalue weighted by atomic mass is 16.4. The Morgan fingerprint density at radius 1 is 1.19 bits per heavy atom. The van der Waals surface area contributed by atoms with Gasteiger partial charge in [0.25, 0.3) is 0 Å². The van der Waals surface area contributed by atoms with Gasteiger partial charge in [-0.2, -0.15) is 0 Å². The molecule has 1 aromatic rings. The van der Waals surface area contributed by atoms with Gasteiger partial charge in [0.2, 0.25) is 5.91 Å². The normalized spacial score (nSPS) is 13.0. The fourth-order valence-corrected chi connectivity index (χ4v) is 2.32. The number of carbonyl (C=O) groups is 2. The van der Waals surface area contributed by atoms with Gasteiger partial charge in [-0.1, -0.05) is 44.2 Å². The van der Waals surface area contributed by atoms with Crippen molar-refractivity contribution in [1.29, 1.82) is 0 Å². The Balaban J connectivity index is 2.82. The van der Waals surface area contributed by atoms with Gasteiger partial charge < -0.3 is 10.4 Å². The molecule has 4 heteroatoms. The summed E-state index contributed by atoms with van der Waals surface area (Å²) in [6, 6.07) is 9.19. The number of benzene rings is 1. The van der Waals surface area contributed by atoms with Crippen LogP contribution < -0.4 is 5.32 Å². The van der Waals surface area contributed by atoms with Gasteiger partial charge in [-0.25, -0.2) is 0 Å². The third-order valence-corrected chi connectivity index (χ3v) is 3.58. The molecule has 0 spiro atoms. The van der Waals surface area contributed by atoms with E-state index >= 15 is 0 Å². The molecule has 0 aliphatic rings. The molecule has 0 aliphatic carbocycles. The fraction of sp³-hybridized carbons (Fsp3) is 0.529. The Hall–Kier alpha value is -1.84. The van der Waals surface area contributed by atoms with Gasteiger partial charge in [0.15, 0.2) is 0 Å². The Morgan fingerprint density at radius 3 is 2.24 bits per heavy atom. The molecule has 0 radical (unpaired) electrons. The van der Waals surface area contributed by atoms with Crippen LogP contribution in [0.3, 0.4) is 0 Å². The average molecular weight is 291 g/mol. The van der Waals surface area contributed by atoms with E-state index < -0.39 is 11.4 Å². The average Bonchev–Trinajstić information content (AvgIpc) is 2.38. The van der Waals surface area contributed by atoms with Crippen molar-refractivity contribution in [3.63, 3.8) is 0 Å². The van der Waals surface area contributed by atoms with Gasteiger partial charge in [0.1, 0.15) is 0 Å². The first-order valence-corrected chi connectivity index (χ1v) is 7.31. The molecule has 0 saturated heterocycles. The molecule has 0 fully saturated rings.